The third-order valence-electron chi connectivity index (χ3n) is 6.04. The maximum atomic E-state index is 13.6. The van der Waals surface area contributed by atoms with Gasteiger partial charge in [0.1, 0.15) is 11.9 Å². The smallest absolute Gasteiger partial charge is 0.247 e. The van der Waals surface area contributed by atoms with Crippen LogP contribution in [0.4, 0.5) is 0 Å². The summed E-state index contributed by atoms with van der Waals surface area (Å²) in [6.07, 6.45) is 9.32. The quantitative estimate of drug-likeness (QED) is 0.418. The van der Waals surface area contributed by atoms with Crippen molar-refractivity contribution in [2.75, 3.05) is 19.6 Å². The second-order valence-electron chi connectivity index (χ2n) is 8.52. The molecule has 3 rings (SSSR count). The molecule has 172 valence electrons. The van der Waals surface area contributed by atoms with Crippen LogP contribution in [0.1, 0.15) is 76.3 Å². The van der Waals surface area contributed by atoms with Crippen molar-refractivity contribution in [1.29, 1.82) is 0 Å². The summed E-state index contributed by atoms with van der Waals surface area (Å²) < 4.78 is 11.3. The predicted octanol–water partition coefficient (Wildman–Crippen LogP) is 4.59. The first kappa shape index (κ1) is 23.7. The van der Waals surface area contributed by atoms with E-state index in [1.807, 2.05) is 25.1 Å². The molecule has 1 atom stereocenters. The fraction of sp³-hybridized carbons (Fsp3) is 0.667. The zero-order valence-corrected chi connectivity index (χ0v) is 19.5. The molecule has 2 saturated carbocycles. The minimum absolute atomic E-state index is 0.0538. The van der Waals surface area contributed by atoms with Crippen LogP contribution in [0.3, 0.4) is 0 Å². The Labute approximate surface area is 190 Å². The maximum Gasteiger partial charge on any atom is 0.247 e. The highest BCUT2D eigenvalue weighted by Crippen LogP contribution is 2.38. The third kappa shape index (κ3) is 6.28. The zero-order chi connectivity index (χ0) is 22.2. The fourth-order valence-electron chi connectivity index (χ4n) is 4.31. The molecule has 0 heterocycles. The average Bonchev–Trinajstić information content (AvgIpc) is 3.63. The zero-order valence-electron chi connectivity index (χ0n) is 18.7. The number of nitrogens with zero attached hydrogens (tertiary/aromatic N) is 1. The minimum Gasteiger partial charge on any atom is -0.493 e. The first-order valence-corrected chi connectivity index (χ1v) is 12.1. The number of halogens is 1. The van der Waals surface area contributed by atoms with Crippen molar-refractivity contribution in [2.45, 2.75) is 82.8 Å². The molecule has 7 heteroatoms. The van der Waals surface area contributed by atoms with Gasteiger partial charge < -0.3 is 19.7 Å². The van der Waals surface area contributed by atoms with Crippen LogP contribution in [0.2, 0.25) is 0 Å². The van der Waals surface area contributed by atoms with E-state index in [0.717, 1.165) is 50.5 Å². The van der Waals surface area contributed by atoms with E-state index < -0.39 is 6.04 Å². The van der Waals surface area contributed by atoms with Gasteiger partial charge in [-0.25, -0.2) is 0 Å². The lowest BCUT2D eigenvalue weighted by Crippen LogP contribution is -2.47. The van der Waals surface area contributed by atoms with Gasteiger partial charge >= 0.3 is 0 Å². The second kappa shape index (κ2) is 11.6. The molecule has 0 unspecified atom stereocenters. The van der Waals surface area contributed by atoms with Crippen molar-refractivity contribution in [3.63, 3.8) is 0 Å². The van der Waals surface area contributed by atoms with Crippen LogP contribution in [-0.2, 0) is 9.59 Å². The van der Waals surface area contributed by atoms with Crippen molar-refractivity contribution in [3.05, 3.63) is 23.8 Å². The molecule has 1 N–H and O–H groups in total. The largest absolute Gasteiger partial charge is 0.493 e. The summed E-state index contributed by atoms with van der Waals surface area (Å²) in [5.74, 6) is 0.709. The molecule has 1 aromatic carbocycles. The molecule has 6 nitrogen and oxygen atoms in total. The van der Waals surface area contributed by atoms with Crippen LogP contribution >= 0.6 is 11.6 Å². The summed E-state index contributed by atoms with van der Waals surface area (Å²) in [6, 6.07) is 4.99. The van der Waals surface area contributed by atoms with Crippen LogP contribution in [0, 0.1) is 0 Å². The van der Waals surface area contributed by atoms with Gasteiger partial charge in [0.2, 0.25) is 11.8 Å². The second-order valence-corrected chi connectivity index (χ2v) is 8.79. The number of amides is 2. The van der Waals surface area contributed by atoms with Crippen LogP contribution in [0.15, 0.2) is 18.2 Å². The van der Waals surface area contributed by atoms with Gasteiger partial charge in [0.15, 0.2) is 11.5 Å². The van der Waals surface area contributed by atoms with Crippen molar-refractivity contribution >= 4 is 23.4 Å². The van der Waals surface area contributed by atoms with Gasteiger partial charge in [0.25, 0.3) is 0 Å². The van der Waals surface area contributed by atoms with E-state index in [2.05, 4.69) is 5.32 Å². The molecule has 2 fully saturated rings. The summed E-state index contributed by atoms with van der Waals surface area (Å²) in [7, 11) is 1.58. The Kier molecular flexibility index (Phi) is 8.88. The number of hydrogen-bond donors (Lipinski definition) is 1. The van der Waals surface area contributed by atoms with Crippen molar-refractivity contribution in [1.82, 2.24) is 10.2 Å². The highest BCUT2D eigenvalue weighted by Gasteiger charge is 2.41. The van der Waals surface area contributed by atoms with Gasteiger partial charge in [-0.05, 0) is 49.8 Å². The molecule has 2 amide bonds. The lowest BCUT2D eigenvalue weighted by molar-refractivity contribution is -0.140. The van der Waals surface area contributed by atoms with Gasteiger partial charge in [0, 0.05) is 12.1 Å². The molecule has 1 aromatic rings. The van der Waals surface area contributed by atoms with Crippen LogP contribution in [0.25, 0.3) is 0 Å². The summed E-state index contributed by atoms with van der Waals surface area (Å²) in [5.41, 5.74) is 0.720. The number of ether oxygens (including phenoxy) is 2. The number of rotatable bonds is 10. The van der Waals surface area contributed by atoms with Crippen LogP contribution < -0.4 is 14.8 Å². The minimum atomic E-state index is -0.726. The molecular weight excluding hydrogens is 416 g/mol. The lowest BCUT2D eigenvalue weighted by atomic mass is 10.0. The van der Waals surface area contributed by atoms with E-state index in [1.54, 1.807) is 12.0 Å². The summed E-state index contributed by atoms with van der Waals surface area (Å²) in [6.45, 7) is 2.63. The number of carbonyl (C=O) groups is 2. The molecule has 0 bridgehead atoms. The summed E-state index contributed by atoms with van der Waals surface area (Å²) >= 11 is 5.94. The van der Waals surface area contributed by atoms with Crippen molar-refractivity contribution in [3.8, 4) is 11.5 Å². The lowest BCUT2D eigenvalue weighted by Gasteiger charge is -2.32. The van der Waals surface area contributed by atoms with Crippen LogP contribution in [-0.4, -0.2) is 48.4 Å². The Morgan fingerprint density at radius 3 is 2.42 bits per heavy atom. The first-order chi connectivity index (χ1) is 15.1. The Balaban J connectivity index is 1.91. The number of benzene rings is 1. The van der Waals surface area contributed by atoms with E-state index in [4.69, 9.17) is 21.1 Å². The van der Waals surface area contributed by atoms with Crippen molar-refractivity contribution < 1.29 is 19.1 Å². The Hall–Kier alpha value is -1.95. The van der Waals surface area contributed by atoms with Crippen LogP contribution in [0.5, 0.6) is 11.5 Å². The van der Waals surface area contributed by atoms with Gasteiger partial charge in [-0.3, -0.25) is 9.59 Å². The topological polar surface area (TPSA) is 67.9 Å². The molecule has 2 aliphatic carbocycles. The number of carbonyl (C=O) groups excluding carboxylic acids is 2. The molecule has 0 aliphatic heterocycles. The fourth-order valence-corrected chi connectivity index (χ4v) is 4.45. The Morgan fingerprint density at radius 1 is 1.13 bits per heavy atom. The molecule has 0 radical (unpaired) electrons. The van der Waals surface area contributed by atoms with Gasteiger partial charge in [-0.2, -0.15) is 0 Å². The van der Waals surface area contributed by atoms with E-state index in [0.29, 0.717) is 18.1 Å². The third-order valence-corrected chi connectivity index (χ3v) is 6.26. The molecule has 0 spiro atoms. The van der Waals surface area contributed by atoms with E-state index >= 15 is 0 Å². The van der Waals surface area contributed by atoms with E-state index in [1.165, 1.54) is 12.8 Å². The maximum absolute atomic E-state index is 13.6. The van der Waals surface area contributed by atoms with Gasteiger partial charge in [0.05, 0.1) is 13.7 Å². The molecule has 2 aliphatic rings. The molecule has 0 saturated heterocycles. The molecule has 31 heavy (non-hydrogen) atoms. The van der Waals surface area contributed by atoms with E-state index in [9.17, 15) is 9.59 Å². The van der Waals surface area contributed by atoms with Gasteiger partial charge in [-0.15, -0.1) is 11.6 Å². The molecule has 0 aromatic heterocycles. The summed E-state index contributed by atoms with van der Waals surface area (Å²) in [4.78, 5) is 28.0. The highest BCUT2D eigenvalue weighted by atomic mass is 35.5. The Bertz CT molecular complexity index is 745. The standard InChI is InChI=1S/C24H35ClN2O4/c1-3-14-31-20-13-10-17(15-21(20)30-2)23(27(19-11-12-19)22(28)16-25)24(29)26-18-8-6-4-5-7-9-18/h10,13,15,18-19,23H,3-9,11-12,14,16H2,1-2H3,(H,26,29)/t23-/m0/s1. The average molecular weight is 451 g/mol. The van der Waals surface area contributed by atoms with Crippen molar-refractivity contribution in [2.24, 2.45) is 0 Å². The number of alkyl halides is 1. The Morgan fingerprint density at radius 2 is 1.84 bits per heavy atom. The highest BCUT2D eigenvalue weighted by molar-refractivity contribution is 6.27. The predicted molar refractivity (Wildman–Crippen MR) is 122 cm³/mol. The number of methoxy groups -OCH3 is 1. The normalized spacial score (nSPS) is 18.0. The van der Waals surface area contributed by atoms with Gasteiger partial charge in [-0.1, -0.05) is 38.7 Å². The number of hydrogen-bond acceptors (Lipinski definition) is 4. The summed E-state index contributed by atoms with van der Waals surface area (Å²) in [5, 5.41) is 3.24. The number of nitrogens with one attached hydrogen (secondary N) is 1. The first-order valence-electron chi connectivity index (χ1n) is 11.6. The SMILES string of the molecule is CCCOc1ccc([C@@H](C(=O)NC2CCCCCC2)N(C(=O)CCl)C2CC2)cc1OC. The monoisotopic (exact) mass is 450 g/mol. The molecular formula is C24H35ClN2O4. The van der Waals surface area contributed by atoms with E-state index in [-0.39, 0.29) is 29.8 Å².